The molecule has 4 rings (SSSR count). The van der Waals surface area contributed by atoms with E-state index in [1.165, 1.54) is 11.8 Å². The predicted octanol–water partition coefficient (Wildman–Crippen LogP) is 5.80. The zero-order valence-corrected chi connectivity index (χ0v) is 22.2. The number of nitrogens with one attached hydrogen (secondary N) is 1. The lowest BCUT2D eigenvalue weighted by atomic mass is 10.1. The highest BCUT2D eigenvalue weighted by atomic mass is 32.2. The van der Waals surface area contributed by atoms with Crippen LogP contribution in [0.1, 0.15) is 40.9 Å². The number of thioether (sulfide) groups is 1. The standard InChI is InChI=1S/C30H32N2O4S/c1-4-35-28(36-5-2)19-31-29(33)23-16-14-22(15-17-23)18-27-30(34)32(20-24-11-7-6-10-21(24)3)25-12-8-9-13-26(25)37-27/h6-18,28H,4-5,19-20H2,1-3H3,(H,31,33). The van der Waals surface area contributed by atoms with Crippen LogP contribution in [-0.4, -0.2) is 37.9 Å². The Balaban J connectivity index is 1.51. The van der Waals surface area contributed by atoms with Crippen molar-refractivity contribution >= 4 is 35.3 Å². The monoisotopic (exact) mass is 516 g/mol. The van der Waals surface area contributed by atoms with Crippen molar-refractivity contribution in [3.63, 3.8) is 0 Å². The second-order valence-electron chi connectivity index (χ2n) is 8.57. The molecule has 7 heteroatoms. The SMILES string of the molecule is CCOC(CNC(=O)c1ccc(C=C2Sc3ccccc3N(Cc3ccccc3C)C2=O)cc1)OCC. The van der Waals surface area contributed by atoms with Gasteiger partial charge in [0.25, 0.3) is 11.8 Å². The lowest BCUT2D eigenvalue weighted by Gasteiger charge is -2.31. The first-order chi connectivity index (χ1) is 18.0. The minimum Gasteiger partial charge on any atom is -0.351 e. The smallest absolute Gasteiger partial charge is 0.265 e. The summed E-state index contributed by atoms with van der Waals surface area (Å²) in [4.78, 5) is 29.7. The van der Waals surface area contributed by atoms with Gasteiger partial charge in [-0.15, -0.1) is 0 Å². The second-order valence-corrected chi connectivity index (χ2v) is 9.65. The molecule has 0 fully saturated rings. The minimum atomic E-state index is -0.470. The quantitative estimate of drug-likeness (QED) is 0.272. The van der Waals surface area contributed by atoms with Crippen molar-refractivity contribution < 1.29 is 19.1 Å². The molecule has 3 aromatic carbocycles. The van der Waals surface area contributed by atoms with Crippen molar-refractivity contribution in [2.24, 2.45) is 0 Å². The summed E-state index contributed by atoms with van der Waals surface area (Å²) < 4.78 is 11.0. The van der Waals surface area contributed by atoms with Crippen molar-refractivity contribution in [3.05, 3.63) is 100.0 Å². The average Bonchev–Trinajstić information content (AvgIpc) is 2.91. The number of hydrogen-bond donors (Lipinski definition) is 1. The van der Waals surface area contributed by atoms with Gasteiger partial charge in [-0.2, -0.15) is 0 Å². The van der Waals surface area contributed by atoms with Crippen molar-refractivity contribution in [1.29, 1.82) is 0 Å². The Morgan fingerprint density at radius 1 is 0.973 bits per heavy atom. The number of fused-ring (bicyclic) bond motifs is 1. The Kier molecular flexibility index (Phi) is 9.17. The number of anilines is 1. The molecule has 1 aliphatic heterocycles. The topological polar surface area (TPSA) is 67.9 Å². The van der Waals surface area contributed by atoms with E-state index >= 15 is 0 Å². The molecule has 2 amide bonds. The van der Waals surface area contributed by atoms with Gasteiger partial charge in [0, 0.05) is 23.7 Å². The first-order valence-electron chi connectivity index (χ1n) is 12.5. The number of rotatable bonds is 10. The molecule has 0 spiro atoms. The van der Waals surface area contributed by atoms with E-state index in [2.05, 4.69) is 24.4 Å². The van der Waals surface area contributed by atoms with Crippen molar-refractivity contribution in [2.75, 3.05) is 24.7 Å². The molecule has 0 saturated heterocycles. The third-order valence-corrected chi connectivity index (χ3v) is 7.10. The molecule has 1 heterocycles. The Labute approximate surface area is 222 Å². The number of benzene rings is 3. The third kappa shape index (κ3) is 6.68. The molecule has 6 nitrogen and oxygen atoms in total. The zero-order chi connectivity index (χ0) is 26.2. The molecular weight excluding hydrogens is 484 g/mol. The highest BCUT2D eigenvalue weighted by molar-refractivity contribution is 8.04. The van der Waals surface area contributed by atoms with Crippen LogP contribution in [0.15, 0.2) is 82.6 Å². The summed E-state index contributed by atoms with van der Waals surface area (Å²) in [5.74, 6) is -0.239. The maximum atomic E-state index is 13.6. The van der Waals surface area contributed by atoms with Crippen LogP contribution in [0, 0.1) is 6.92 Å². The number of nitrogens with zero attached hydrogens (tertiary/aromatic N) is 1. The van der Waals surface area contributed by atoms with Gasteiger partial charge in [0.1, 0.15) is 0 Å². The molecule has 3 aromatic rings. The van der Waals surface area contributed by atoms with Crippen LogP contribution in [0.4, 0.5) is 5.69 Å². The Hall–Kier alpha value is -3.39. The normalized spacial score (nSPS) is 14.2. The molecule has 1 N–H and O–H groups in total. The van der Waals surface area contributed by atoms with Crippen molar-refractivity contribution in [2.45, 2.75) is 38.5 Å². The molecule has 0 radical (unpaired) electrons. The Morgan fingerprint density at radius 3 is 2.35 bits per heavy atom. The van der Waals surface area contributed by atoms with Crippen LogP contribution in [0.25, 0.3) is 6.08 Å². The summed E-state index contributed by atoms with van der Waals surface area (Å²) in [7, 11) is 0. The fourth-order valence-electron chi connectivity index (χ4n) is 4.07. The van der Waals surface area contributed by atoms with E-state index in [1.807, 2.05) is 73.4 Å². The largest absolute Gasteiger partial charge is 0.351 e. The number of carbonyl (C=O) groups is 2. The van der Waals surface area contributed by atoms with Gasteiger partial charge in [0.15, 0.2) is 6.29 Å². The fourth-order valence-corrected chi connectivity index (χ4v) is 5.13. The number of ether oxygens (including phenoxy) is 2. The molecule has 0 atom stereocenters. The van der Waals surface area contributed by atoms with Gasteiger partial charge in [-0.3, -0.25) is 9.59 Å². The van der Waals surface area contributed by atoms with Crippen molar-refractivity contribution in [1.82, 2.24) is 5.32 Å². The van der Waals surface area contributed by atoms with Crippen LogP contribution in [0.3, 0.4) is 0 Å². The molecule has 0 unspecified atom stereocenters. The maximum absolute atomic E-state index is 13.6. The highest BCUT2D eigenvalue weighted by Crippen LogP contribution is 2.42. The van der Waals surface area contributed by atoms with E-state index in [0.717, 1.165) is 27.3 Å². The number of para-hydroxylation sites is 1. The number of amides is 2. The summed E-state index contributed by atoms with van der Waals surface area (Å²) >= 11 is 1.47. The molecule has 0 aromatic heterocycles. The van der Waals surface area contributed by atoms with Crippen LogP contribution in [0.2, 0.25) is 0 Å². The van der Waals surface area contributed by atoms with Crippen LogP contribution in [0.5, 0.6) is 0 Å². The fraction of sp³-hybridized carbons (Fsp3) is 0.267. The van der Waals surface area contributed by atoms with E-state index in [9.17, 15) is 9.59 Å². The van der Waals surface area contributed by atoms with Gasteiger partial charge in [-0.25, -0.2) is 0 Å². The Bertz CT molecular complexity index is 1270. The summed E-state index contributed by atoms with van der Waals surface area (Å²) in [6, 6.07) is 23.3. The van der Waals surface area contributed by atoms with E-state index in [-0.39, 0.29) is 18.4 Å². The van der Waals surface area contributed by atoms with Gasteiger partial charge >= 0.3 is 0 Å². The van der Waals surface area contributed by atoms with Gasteiger partial charge in [0.2, 0.25) is 0 Å². The maximum Gasteiger partial charge on any atom is 0.265 e. The molecule has 0 aliphatic carbocycles. The first kappa shape index (κ1) is 26.7. The lowest BCUT2D eigenvalue weighted by molar-refractivity contribution is -0.131. The summed E-state index contributed by atoms with van der Waals surface area (Å²) in [6.07, 6.45) is 1.41. The number of hydrogen-bond acceptors (Lipinski definition) is 5. The zero-order valence-electron chi connectivity index (χ0n) is 21.4. The lowest BCUT2D eigenvalue weighted by Crippen LogP contribution is -2.35. The molecule has 37 heavy (non-hydrogen) atoms. The predicted molar refractivity (Wildman–Crippen MR) is 148 cm³/mol. The average molecular weight is 517 g/mol. The van der Waals surface area contributed by atoms with Crippen LogP contribution in [-0.2, 0) is 20.8 Å². The number of aryl methyl sites for hydroxylation is 1. The van der Waals surface area contributed by atoms with Crippen LogP contribution < -0.4 is 10.2 Å². The Morgan fingerprint density at radius 2 is 1.65 bits per heavy atom. The van der Waals surface area contributed by atoms with Crippen molar-refractivity contribution in [3.8, 4) is 0 Å². The van der Waals surface area contributed by atoms with E-state index < -0.39 is 6.29 Å². The third-order valence-electron chi connectivity index (χ3n) is 6.03. The van der Waals surface area contributed by atoms with Gasteiger partial charge < -0.3 is 19.7 Å². The first-order valence-corrected chi connectivity index (χ1v) is 13.3. The molecular formula is C30H32N2O4S. The molecule has 1 aliphatic rings. The van der Waals surface area contributed by atoms with Crippen LogP contribution >= 0.6 is 11.8 Å². The molecule has 0 saturated carbocycles. The molecule has 0 bridgehead atoms. The summed E-state index contributed by atoms with van der Waals surface area (Å²) in [6.45, 7) is 7.62. The highest BCUT2D eigenvalue weighted by Gasteiger charge is 2.29. The summed E-state index contributed by atoms with van der Waals surface area (Å²) in [5.41, 5.74) is 4.57. The van der Waals surface area contributed by atoms with E-state index in [1.54, 1.807) is 12.1 Å². The minimum absolute atomic E-state index is 0.0355. The van der Waals surface area contributed by atoms with E-state index in [0.29, 0.717) is 30.2 Å². The van der Waals surface area contributed by atoms with Gasteiger partial charge in [-0.05, 0) is 67.8 Å². The van der Waals surface area contributed by atoms with Gasteiger partial charge in [0.05, 0.1) is 23.7 Å². The van der Waals surface area contributed by atoms with E-state index in [4.69, 9.17) is 9.47 Å². The summed E-state index contributed by atoms with van der Waals surface area (Å²) in [5, 5.41) is 2.85. The van der Waals surface area contributed by atoms with Gasteiger partial charge in [-0.1, -0.05) is 60.3 Å². The molecule has 192 valence electrons. The number of carbonyl (C=O) groups excluding carboxylic acids is 2. The second kappa shape index (κ2) is 12.7.